The van der Waals surface area contributed by atoms with E-state index in [1.54, 1.807) is 4.90 Å². The number of amides is 1. The number of esters is 1. The summed E-state index contributed by atoms with van der Waals surface area (Å²) in [5, 5.41) is 0. The van der Waals surface area contributed by atoms with E-state index in [2.05, 4.69) is 20.8 Å². The first-order chi connectivity index (χ1) is 10.7. The summed E-state index contributed by atoms with van der Waals surface area (Å²) in [6, 6.07) is 0. The van der Waals surface area contributed by atoms with E-state index in [4.69, 9.17) is 4.74 Å². The molecule has 0 aromatic rings. The van der Waals surface area contributed by atoms with Crippen molar-refractivity contribution in [2.24, 2.45) is 11.3 Å². The van der Waals surface area contributed by atoms with Crippen molar-refractivity contribution in [1.29, 1.82) is 0 Å². The fraction of sp³-hybridized carbons (Fsp3) is 0.895. The molecule has 2 rings (SSSR count). The molecule has 23 heavy (non-hydrogen) atoms. The summed E-state index contributed by atoms with van der Waals surface area (Å²) in [5.74, 6) is 0.485. The van der Waals surface area contributed by atoms with Gasteiger partial charge in [-0.1, -0.05) is 34.6 Å². The lowest BCUT2D eigenvalue weighted by molar-refractivity contribution is -0.172. The smallest absolute Gasteiger partial charge is 0.332 e. The first kappa shape index (κ1) is 18.3. The van der Waals surface area contributed by atoms with Crippen LogP contribution in [0.3, 0.4) is 0 Å². The van der Waals surface area contributed by atoms with Crippen LogP contribution in [0.1, 0.15) is 79.6 Å². The molecule has 1 amide bonds. The lowest BCUT2D eigenvalue weighted by Gasteiger charge is -2.42. The number of ether oxygens (including phenoxy) is 1. The Labute approximate surface area is 140 Å². The van der Waals surface area contributed by atoms with Crippen molar-refractivity contribution in [3.63, 3.8) is 0 Å². The van der Waals surface area contributed by atoms with Crippen LogP contribution in [0.25, 0.3) is 0 Å². The highest BCUT2D eigenvalue weighted by Gasteiger charge is 2.47. The highest BCUT2D eigenvalue weighted by Crippen LogP contribution is 2.41. The molecule has 0 aromatic heterocycles. The zero-order valence-corrected chi connectivity index (χ0v) is 15.5. The zero-order chi connectivity index (χ0) is 17.3. The largest absolute Gasteiger partial charge is 0.461 e. The summed E-state index contributed by atoms with van der Waals surface area (Å²) in [4.78, 5) is 27.0. The van der Waals surface area contributed by atoms with Crippen molar-refractivity contribution < 1.29 is 14.3 Å². The van der Waals surface area contributed by atoms with E-state index >= 15 is 0 Å². The highest BCUT2D eigenvalue weighted by molar-refractivity contribution is 5.89. The fourth-order valence-electron chi connectivity index (χ4n) is 4.74. The van der Waals surface area contributed by atoms with E-state index in [1.807, 2.05) is 13.8 Å². The maximum atomic E-state index is 13.0. The van der Waals surface area contributed by atoms with Crippen LogP contribution in [-0.4, -0.2) is 35.0 Å². The average molecular weight is 323 g/mol. The second-order valence-corrected chi connectivity index (χ2v) is 8.33. The number of nitrogens with zero attached hydrogens (tertiary/aromatic N) is 1. The molecular formula is C19H33NO3. The molecule has 2 aliphatic rings. The Morgan fingerprint density at radius 3 is 2.43 bits per heavy atom. The average Bonchev–Trinajstić information content (AvgIpc) is 2.85. The highest BCUT2D eigenvalue weighted by atomic mass is 16.5. The van der Waals surface area contributed by atoms with Gasteiger partial charge in [0.25, 0.3) is 0 Å². The van der Waals surface area contributed by atoms with Gasteiger partial charge < -0.3 is 9.64 Å². The predicted octanol–water partition coefficient (Wildman–Crippen LogP) is 3.93. The third kappa shape index (κ3) is 3.72. The van der Waals surface area contributed by atoms with Gasteiger partial charge in [0.2, 0.25) is 5.91 Å². The van der Waals surface area contributed by atoms with Crippen LogP contribution in [0, 0.1) is 11.3 Å². The minimum Gasteiger partial charge on any atom is -0.461 e. The quantitative estimate of drug-likeness (QED) is 0.720. The Morgan fingerprint density at radius 2 is 1.96 bits per heavy atom. The number of hydrogen-bond donors (Lipinski definition) is 0. The number of likely N-dealkylation sites (tertiary alicyclic amines) is 1. The Morgan fingerprint density at radius 1 is 1.30 bits per heavy atom. The fourth-order valence-corrected chi connectivity index (χ4v) is 4.74. The summed E-state index contributed by atoms with van der Waals surface area (Å²) in [6.45, 7) is 11.4. The molecule has 2 unspecified atom stereocenters. The molecule has 1 saturated heterocycles. The molecule has 132 valence electrons. The van der Waals surface area contributed by atoms with Crippen molar-refractivity contribution in [3.05, 3.63) is 0 Å². The van der Waals surface area contributed by atoms with E-state index in [0.29, 0.717) is 31.7 Å². The summed E-state index contributed by atoms with van der Waals surface area (Å²) in [7, 11) is 0. The van der Waals surface area contributed by atoms with E-state index in [1.165, 1.54) is 6.42 Å². The maximum Gasteiger partial charge on any atom is 0.332 e. The van der Waals surface area contributed by atoms with E-state index in [-0.39, 0.29) is 23.4 Å². The third-order valence-corrected chi connectivity index (χ3v) is 5.76. The topological polar surface area (TPSA) is 46.6 Å². The Kier molecular flexibility index (Phi) is 5.42. The van der Waals surface area contributed by atoms with Gasteiger partial charge in [-0.15, -0.1) is 0 Å². The molecule has 2 fully saturated rings. The van der Waals surface area contributed by atoms with Gasteiger partial charge in [-0.3, -0.25) is 4.79 Å². The molecule has 2 atom stereocenters. The molecule has 0 N–H and O–H groups in total. The van der Waals surface area contributed by atoms with Crippen molar-refractivity contribution in [2.45, 2.75) is 91.2 Å². The minimum atomic E-state index is -0.765. The van der Waals surface area contributed by atoms with Crippen molar-refractivity contribution in [2.75, 3.05) is 6.54 Å². The molecule has 4 heteroatoms. The van der Waals surface area contributed by atoms with Gasteiger partial charge in [-0.25, -0.2) is 4.79 Å². The Hall–Kier alpha value is -1.06. The van der Waals surface area contributed by atoms with Gasteiger partial charge in [-0.2, -0.15) is 0 Å². The molecule has 1 aliphatic heterocycles. The molecule has 1 saturated carbocycles. The van der Waals surface area contributed by atoms with Crippen LogP contribution in [0.4, 0.5) is 0 Å². The van der Waals surface area contributed by atoms with Crippen molar-refractivity contribution in [3.8, 4) is 0 Å². The van der Waals surface area contributed by atoms with Gasteiger partial charge in [-0.05, 0) is 49.9 Å². The second-order valence-electron chi connectivity index (χ2n) is 8.33. The summed E-state index contributed by atoms with van der Waals surface area (Å²) < 4.78 is 5.97. The molecule has 0 spiro atoms. The molecule has 0 radical (unpaired) electrons. The predicted molar refractivity (Wildman–Crippen MR) is 90.9 cm³/mol. The SMILES string of the molecule is CCC(CC)(C(=O)OC1CC(C)CC(C)(C)C1)N1CCCC1=O. The normalized spacial score (nSPS) is 28.0. The zero-order valence-electron chi connectivity index (χ0n) is 15.5. The first-order valence-corrected chi connectivity index (χ1v) is 9.25. The van der Waals surface area contributed by atoms with Crippen LogP contribution in [0.5, 0.6) is 0 Å². The third-order valence-electron chi connectivity index (χ3n) is 5.76. The van der Waals surface area contributed by atoms with E-state index < -0.39 is 5.54 Å². The van der Waals surface area contributed by atoms with Crippen LogP contribution in [0.2, 0.25) is 0 Å². The van der Waals surface area contributed by atoms with E-state index in [0.717, 1.165) is 19.3 Å². The maximum absolute atomic E-state index is 13.0. The van der Waals surface area contributed by atoms with Crippen LogP contribution in [0.15, 0.2) is 0 Å². The van der Waals surface area contributed by atoms with Crippen molar-refractivity contribution in [1.82, 2.24) is 4.90 Å². The summed E-state index contributed by atoms with van der Waals surface area (Å²) in [6.07, 6.45) is 5.67. The van der Waals surface area contributed by atoms with Gasteiger partial charge in [0, 0.05) is 13.0 Å². The molecule has 1 heterocycles. The Balaban J connectivity index is 2.14. The van der Waals surface area contributed by atoms with Crippen LogP contribution < -0.4 is 0 Å². The molecule has 0 bridgehead atoms. The van der Waals surface area contributed by atoms with E-state index in [9.17, 15) is 9.59 Å². The number of carbonyl (C=O) groups excluding carboxylic acids is 2. The molecular weight excluding hydrogens is 290 g/mol. The monoisotopic (exact) mass is 323 g/mol. The lowest BCUT2D eigenvalue weighted by Crippen LogP contribution is -2.56. The molecule has 4 nitrogen and oxygen atoms in total. The van der Waals surface area contributed by atoms with Gasteiger partial charge in [0.1, 0.15) is 11.6 Å². The lowest BCUT2D eigenvalue weighted by atomic mass is 9.71. The summed E-state index contributed by atoms with van der Waals surface area (Å²) in [5.41, 5.74) is -0.550. The van der Waals surface area contributed by atoms with Gasteiger partial charge in [0.05, 0.1) is 0 Å². The molecule has 1 aliphatic carbocycles. The van der Waals surface area contributed by atoms with Crippen LogP contribution in [-0.2, 0) is 14.3 Å². The first-order valence-electron chi connectivity index (χ1n) is 9.25. The number of rotatable bonds is 5. The number of carbonyl (C=O) groups is 2. The van der Waals surface area contributed by atoms with Crippen molar-refractivity contribution >= 4 is 11.9 Å². The van der Waals surface area contributed by atoms with Gasteiger partial charge >= 0.3 is 5.97 Å². The standard InChI is InChI=1S/C19H33NO3/c1-6-19(7-2,20-10-8-9-16(20)21)17(22)23-15-11-14(3)12-18(4,5)13-15/h14-15H,6-13H2,1-5H3. The second kappa shape index (κ2) is 6.82. The van der Waals surface area contributed by atoms with Crippen LogP contribution >= 0.6 is 0 Å². The van der Waals surface area contributed by atoms with Gasteiger partial charge in [0.15, 0.2) is 0 Å². The minimum absolute atomic E-state index is 0.0172. The summed E-state index contributed by atoms with van der Waals surface area (Å²) >= 11 is 0. The number of hydrogen-bond acceptors (Lipinski definition) is 3. The molecule has 0 aromatic carbocycles. The Bertz CT molecular complexity index is 454.